The third-order valence-corrected chi connectivity index (χ3v) is 7.50. The topological polar surface area (TPSA) is 95.9 Å². The lowest BCUT2D eigenvalue weighted by Crippen LogP contribution is -2.39. The largest absolute Gasteiger partial charge is 0.469 e. The lowest BCUT2D eigenvalue weighted by Gasteiger charge is -2.19. The van der Waals surface area contributed by atoms with Gasteiger partial charge in [-0.2, -0.15) is 0 Å². The number of rotatable bonds is 22. The molecule has 40 heavy (non-hydrogen) atoms. The molecule has 6 nitrogen and oxygen atoms in total. The van der Waals surface area contributed by atoms with E-state index in [4.69, 9.17) is 14.3 Å². The van der Waals surface area contributed by atoms with Crippen LogP contribution in [0.1, 0.15) is 102 Å². The van der Waals surface area contributed by atoms with E-state index in [9.17, 15) is 9.36 Å². The summed E-state index contributed by atoms with van der Waals surface area (Å²) in [6.45, 7) is 2.00. The van der Waals surface area contributed by atoms with Gasteiger partial charge in [-0.05, 0) is 55.2 Å². The fraction of sp³-hybridized carbons (Fsp3) is 0.545. The van der Waals surface area contributed by atoms with Crippen molar-refractivity contribution in [1.29, 1.82) is 0 Å². The molecule has 2 rings (SSSR count). The molecule has 2 aromatic carbocycles. The maximum Gasteiger partial charge on any atom is 0.469 e. The number of hydrogen-bond donors (Lipinski definition) is 3. The first-order chi connectivity index (χ1) is 19.4. The monoisotopic (exact) mass is 571 g/mol. The zero-order valence-electron chi connectivity index (χ0n) is 24.3. The van der Waals surface area contributed by atoms with Crippen molar-refractivity contribution in [3.8, 4) is 11.1 Å². The fourth-order valence-corrected chi connectivity index (χ4v) is 5.12. The second kappa shape index (κ2) is 20.6. The molecule has 0 fully saturated rings. The van der Waals surface area contributed by atoms with E-state index < -0.39 is 13.9 Å². The SMILES string of the molecule is CCCCCCCC/C=C\CCCCCCCC(=O)N[C@@H](COP(=O)(O)O)Cc1ccc(-c2ccccc2)cc1. The first-order valence-corrected chi connectivity index (χ1v) is 16.7. The van der Waals surface area contributed by atoms with Crippen LogP contribution in [-0.2, 0) is 20.3 Å². The van der Waals surface area contributed by atoms with Crippen LogP contribution in [0.4, 0.5) is 0 Å². The van der Waals surface area contributed by atoms with Crippen LogP contribution in [-0.4, -0.2) is 28.3 Å². The Morgan fingerprint density at radius 1 is 0.800 bits per heavy atom. The highest BCUT2D eigenvalue weighted by molar-refractivity contribution is 7.46. The summed E-state index contributed by atoms with van der Waals surface area (Å²) in [4.78, 5) is 30.9. The fourth-order valence-electron chi connectivity index (χ4n) is 4.74. The molecule has 7 heteroatoms. The summed E-state index contributed by atoms with van der Waals surface area (Å²) in [6, 6.07) is 17.5. The molecule has 3 N–H and O–H groups in total. The number of carbonyl (C=O) groups is 1. The number of allylic oxidation sites excluding steroid dienone is 2. The molecule has 0 heterocycles. The Balaban J connectivity index is 1.64. The number of phosphoric ester groups is 1. The van der Waals surface area contributed by atoms with Crippen molar-refractivity contribution in [2.45, 2.75) is 109 Å². The number of nitrogens with one attached hydrogen (secondary N) is 1. The molecule has 0 aliphatic carbocycles. The highest BCUT2D eigenvalue weighted by atomic mass is 31.2. The molecule has 0 aliphatic rings. The molecule has 0 radical (unpaired) electrons. The molecule has 222 valence electrons. The summed E-state index contributed by atoms with van der Waals surface area (Å²) in [5, 5.41) is 2.92. The van der Waals surface area contributed by atoms with Crippen LogP contribution >= 0.6 is 7.82 Å². The van der Waals surface area contributed by atoms with E-state index in [0.717, 1.165) is 42.4 Å². The third-order valence-electron chi connectivity index (χ3n) is 7.02. The van der Waals surface area contributed by atoms with Gasteiger partial charge in [0.25, 0.3) is 0 Å². The zero-order chi connectivity index (χ0) is 28.9. The Labute approximate surface area is 241 Å². The van der Waals surface area contributed by atoms with Crippen LogP contribution in [0.3, 0.4) is 0 Å². The van der Waals surface area contributed by atoms with Crippen molar-refractivity contribution in [1.82, 2.24) is 5.32 Å². The number of benzene rings is 2. The highest BCUT2D eigenvalue weighted by Crippen LogP contribution is 2.35. The molecule has 1 atom stereocenters. The van der Waals surface area contributed by atoms with Gasteiger partial charge in [-0.15, -0.1) is 0 Å². The van der Waals surface area contributed by atoms with Crippen molar-refractivity contribution in [3.05, 3.63) is 72.3 Å². The second-order valence-electron chi connectivity index (χ2n) is 10.7. The molecule has 0 saturated carbocycles. The molecule has 0 bridgehead atoms. The normalized spacial score (nSPS) is 12.6. The van der Waals surface area contributed by atoms with Crippen LogP contribution in [0.15, 0.2) is 66.7 Å². The molecule has 0 spiro atoms. The lowest BCUT2D eigenvalue weighted by atomic mass is 10.0. The Morgan fingerprint density at radius 3 is 1.95 bits per heavy atom. The molecule has 2 aromatic rings. The number of carbonyl (C=O) groups excluding carboxylic acids is 1. The third kappa shape index (κ3) is 16.8. The quantitative estimate of drug-likeness (QED) is 0.0748. The van der Waals surface area contributed by atoms with Gasteiger partial charge in [0.15, 0.2) is 0 Å². The van der Waals surface area contributed by atoms with Crippen LogP contribution < -0.4 is 5.32 Å². The lowest BCUT2D eigenvalue weighted by molar-refractivity contribution is -0.122. The molecule has 0 unspecified atom stereocenters. The second-order valence-corrected chi connectivity index (χ2v) is 11.9. The van der Waals surface area contributed by atoms with Crippen molar-refractivity contribution in [2.24, 2.45) is 0 Å². The van der Waals surface area contributed by atoms with E-state index in [-0.39, 0.29) is 12.5 Å². The Hall–Kier alpha value is -2.24. The first-order valence-electron chi connectivity index (χ1n) is 15.2. The van der Waals surface area contributed by atoms with E-state index in [2.05, 4.69) is 24.4 Å². The maximum absolute atomic E-state index is 12.6. The molecule has 0 aromatic heterocycles. The first kappa shape index (κ1) is 34.0. The zero-order valence-corrected chi connectivity index (χ0v) is 25.2. The predicted molar refractivity (Wildman–Crippen MR) is 165 cm³/mol. The van der Waals surface area contributed by atoms with Crippen molar-refractivity contribution in [3.63, 3.8) is 0 Å². The summed E-state index contributed by atoms with van der Waals surface area (Å²) in [5.74, 6) is -0.113. The van der Waals surface area contributed by atoms with Gasteiger partial charge < -0.3 is 15.1 Å². The van der Waals surface area contributed by atoms with Gasteiger partial charge in [-0.25, -0.2) is 4.57 Å². The molecule has 1 amide bonds. The summed E-state index contributed by atoms with van der Waals surface area (Å²) < 4.78 is 16.0. The summed E-state index contributed by atoms with van der Waals surface area (Å²) in [5.41, 5.74) is 3.16. The smallest absolute Gasteiger partial charge is 0.351 e. The molecular formula is C33H50NO5P. The standard InChI is InChI=1S/C33H50NO5P/c1-2-3-4-5-6-7-8-9-10-11-12-13-14-15-19-22-33(35)34-32(28-39-40(36,37)38)27-29-23-25-31(26-24-29)30-20-17-16-18-21-30/h9-10,16-18,20-21,23-26,32H,2-8,11-15,19,22,27-28H2,1H3,(H,34,35)(H2,36,37,38)/b10-9-/t32-/m1/s1. The summed E-state index contributed by atoms with van der Waals surface area (Å²) >= 11 is 0. The van der Waals surface area contributed by atoms with Crippen LogP contribution in [0.5, 0.6) is 0 Å². The average Bonchev–Trinajstić information content (AvgIpc) is 2.94. The Kier molecular flexibility index (Phi) is 17.5. The number of hydrogen-bond acceptors (Lipinski definition) is 3. The van der Waals surface area contributed by atoms with Crippen molar-refractivity contribution < 1.29 is 23.7 Å². The van der Waals surface area contributed by atoms with E-state index in [0.29, 0.717) is 12.8 Å². The Bertz CT molecular complexity index is 1000. The van der Waals surface area contributed by atoms with Gasteiger partial charge in [-0.1, -0.05) is 125 Å². The molecule has 0 saturated heterocycles. The van der Waals surface area contributed by atoms with Crippen molar-refractivity contribution >= 4 is 13.7 Å². The molecule has 0 aliphatic heterocycles. The predicted octanol–water partition coefficient (Wildman–Crippen LogP) is 8.53. The Morgan fingerprint density at radius 2 is 1.35 bits per heavy atom. The maximum atomic E-state index is 12.6. The van der Waals surface area contributed by atoms with Gasteiger partial charge in [0.2, 0.25) is 5.91 Å². The average molecular weight is 572 g/mol. The summed E-state index contributed by atoms with van der Waals surface area (Å²) in [7, 11) is -4.63. The number of unbranched alkanes of at least 4 members (excludes halogenated alkanes) is 11. The van der Waals surface area contributed by atoms with Crippen LogP contribution in [0, 0.1) is 0 Å². The minimum absolute atomic E-state index is 0.113. The van der Waals surface area contributed by atoms with Gasteiger partial charge in [-0.3, -0.25) is 9.32 Å². The van der Waals surface area contributed by atoms with E-state index in [1.54, 1.807) is 0 Å². The number of phosphoric acid groups is 1. The van der Waals surface area contributed by atoms with Gasteiger partial charge in [0.1, 0.15) is 0 Å². The van der Waals surface area contributed by atoms with Gasteiger partial charge in [0, 0.05) is 6.42 Å². The minimum atomic E-state index is -4.63. The van der Waals surface area contributed by atoms with E-state index >= 15 is 0 Å². The number of amides is 1. The van der Waals surface area contributed by atoms with Crippen LogP contribution in [0.2, 0.25) is 0 Å². The van der Waals surface area contributed by atoms with Gasteiger partial charge >= 0.3 is 7.82 Å². The van der Waals surface area contributed by atoms with E-state index in [1.807, 2.05) is 54.6 Å². The minimum Gasteiger partial charge on any atom is -0.351 e. The highest BCUT2D eigenvalue weighted by Gasteiger charge is 2.20. The van der Waals surface area contributed by atoms with Crippen molar-refractivity contribution in [2.75, 3.05) is 6.61 Å². The molecular weight excluding hydrogens is 521 g/mol. The van der Waals surface area contributed by atoms with Crippen LogP contribution in [0.25, 0.3) is 11.1 Å². The van der Waals surface area contributed by atoms with Gasteiger partial charge in [0.05, 0.1) is 12.6 Å². The summed E-state index contributed by atoms with van der Waals surface area (Å²) in [6.07, 6.45) is 21.1. The van der Waals surface area contributed by atoms with E-state index in [1.165, 1.54) is 57.8 Å².